The van der Waals surface area contributed by atoms with Crippen molar-refractivity contribution in [2.24, 2.45) is 22.1 Å². The predicted molar refractivity (Wildman–Crippen MR) is 117 cm³/mol. The van der Waals surface area contributed by atoms with Gasteiger partial charge in [-0.25, -0.2) is 0 Å². The van der Waals surface area contributed by atoms with E-state index < -0.39 is 12.1 Å². The number of aliphatic hydroxyl groups excluding tert-OH is 1. The van der Waals surface area contributed by atoms with Crippen LogP contribution in [0.2, 0.25) is 0 Å². The first kappa shape index (κ1) is 26.9. The van der Waals surface area contributed by atoms with E-state index in [0.29, 0.717) is 12.8 Å². The monoisotopic (exact) mass is 410 g/mol. The third kappa shape index (κ3) is 14.5. The van der Waals surface area contributed by atoms with E-state index in [0.717, 1.165) is 18.6 Å². The number of oxime groups is 2. The van der Waals surface area contributed by atoms with E-state index in [2.05, 4.69) is 29.4 Å². The highest BCUT2D eigenvalue weighted by atomic mass is 16.6. The van der Waals surface area contributed by atoms with E-state index in [4.69, 9.17) is 14.8 Å². The number of hydrogen-bond donors (Lipinski definition) is 2. The Morgan fingerprint density at radius 1 is 1.10 bits per heavy atom. The van der Waals surface area contributed by atoms with Gasteiger partial charge in [-0.05, 0) is 39.0 Å². The van der Waals surface area contributed by atoms with Gasteiger partial charge in [-0.15, -0.1) is 0 Å². The summed E-state index contributed by atoms with van der Waals surface area (Å²) in [5.74, 6) is -1.01. The maximum Gasteiger partial charge on any atom is 0.303 e. The molecular weight excluding hydrogens is 372 g/mol. The molecule has 7 nitrogen and oxygen atoms in total. The van der Waals surface area contributed by atoms with Crippen molar-refractivity contribution in [1.29, 1.82) is 0 Å². The molecule has 3 atom stereocenters. The summed E-state index contributed by atoms with van der Waals surface area (Å²) in [7, 11) is 3.00. The topological polar surface area (TPSA) is 101 Å². The number of rotatable bonds is 17. The van der Waals surface area contributed by atoms with Crippen LogP contribution in [-0.4, -0.2) is 48.4 Å². The Bertz CT molecular complexity index is 543. The summed E-state index contributed by atoms with van der Waals surface area (Å²) in [4.78, 5) is 20.4. The van der Waals surface area contributed by atoms with Crippen molar-refractivity contribution < 1.29 is 24.7 Å². The minimum absolute atomic E-state index is 0.00116. The van der Waals surface area contributed by atoms with E-state index in [9.17, 15) is 9.90 Å². The lowest BCUT2D eigenvalue weighted by molar-refractivity contribution is -0.137. The van der Waals surface area contributed by atoms with Gasteiger partial charge in [-0.2, -0.15) is 0 Å². The summed E-state index contributed by atoms with van der Waals surface area (Å²) in [5.41, 5.74) is 0.822. The predicted octanol–water partition coefficient (Wildman–Crippen LogP) is 4.57. The Morgan fingerprint density at radius 3 is 2.48 bits per heavy atom. The van der Waals surface area contributed by atoms with Crippen molar-refractivity contribution in [3.8, 4) is 0 Å². The second-order valence-electron chi connectivity index (χ2n) is 6.98. The van der Waals surface area contributed by atoms with E-state index in [-0.39, 0.29) is 18.3 Å². The fourth-order valence-electron chi connectivity index (χ4n) is 2.92. The normalized spacial score (nSPS) is 15.8. The Kier molecular flexibility index (Phi) is 16.6. The SMILES string of the molecule is CCCCC/C=C\C[C@@H](/C(C)=N/OC)[C@H](/C=C/C(O)CCCC(=O)O)/C=N/OC. The maximum atomic E-state index is 10.6. The number of aliphatic carboxylic acids is 1. The molecule has 0 heterocycles. The number of allylic oxidation sites excluding steroid dienone is 3. The molecule has 0 radical (unpaired) electrons. The minimum atomic E-state index is -0.858. The molecule has 2 N–H and O–H groups in total. The summed E-state index contributed by atoms with van der Waals surface area (Å²) >= 11 is 0. The first-order valence-electron chi connectivity index (χ1n) is 10.3. The van der Waals surface area contributed by atoms with Crippen LogP contribution in [0.4, 0.5) is 0 Å². The van der Waals surface area contributed by atoms with Gasteiger partial charge >= 0.3 is 5.97 Å². The molecule has 0 saturated carbocycles. The van der Waals surface area contributed by atoms with Crippen molar-refractivity contribution in [3.63, 3.8) is 0 Å². The number of unbranched alkanes of at least 4 members (excludes halogenated alkanes) is 3. The largest absolute Gasteiger partial charge is 0.481 e. The van der Waals surface area contributed by atoms with Gasteiger partial charge in [0.15, 0.2) is 0 Å². The number of carbonyl (C=O) groups is 1. The van der Waals surface area contributed by atoms with Crippen molar-refractivity contribution in [3.05, 3.63) is 24.3 Å². The summed E-state index contributed by atoms with van der Waals surface area (Å²) < 4.78 is 0. The second-order valence-corrected chi connectivity index (χ2v) is 6.98. The molecule has 0 rings (SSSR count). The molecule has 0 fully saturated rings. The molecular formula is C22H38N2O5. The highest BCUT2D eigenvalue weighted by Gasteiger charge is 2.21. The van der Waals surface area contributed by atoms with Crippen molar-refractivity contribution in [2.45, 2.75) is 71.3 Å². The fourth-order valence-corrected chi connectivity index (χ4v) is 2.92. The Balaban J connectivity index is 5.17. The molecule has 0 aromatic carbocycles. The third-order valence-corrected chi connectivity index (χ3v) is 4.55. The quantitative estimate of drug-likeness (QED) is 0.158. The van der Waals surface area contributed by atoms with Gasteiger partial charge in [0.1, 0.15) is 14.2 Å². The molecule has 166 valence electrons. The summed E-state index contributed by atoms with van der Waals surface area (Å²) in [5, 5.41) is 26.9. The molecule has 0 aliphatic rings. The molecule has 0 amide bonds. The molecule has 0 aliphatic carbocycles. The molecule has 0 saturated heterocycles. The van der Waals surface area contributed by atoms with Crippen LogP contribution in [0.1, 0.15) is 65.2 Å². The van der Waals surface area contributed by atoms with Gasteiger partial charge in [0, 0.05) is 18.3 Å². The van der Waals surface area contributed by atoms with Gasteiger partial charge in [-0.3, -0.25) is 4.79 Å². The van der Waals surface area contributed by atoms with Gasteiger partial charge < -0.3 is 19.9 Å². The zero-order valence-corrected chi connectivity index (χ0v) is 18.3. The Hall–Kier alpha value is -2.15. The zero-order valence-electron chi connectivity index (χ0n) is 18.3. The molecule has 0 bridgehead atoms. The number of carboxylic acids is 1. The van der Waals surface area contributed by atoms with E-state index in [1.165, 1.54) is 33.5 Å². The van der Waals surface area contributed by atoms with Crippen LogP contribution < -0.4 is 0 Å². The average Bonchev–Trinajstić information content (AvgIpc) is 2.68. The van der Waals surface area contributed by atoms with E-state index in [1.807, 2.05) is 13.0 Å². The molecule has 0 spiro atoms. The van der Waals surface area contributed by atoms with Gasteiger partial charge in [0.25, 0.3) is 0 Å². The van der Waals surface area contributed by atoms with Crippen LogP contribution in [0.5, 0.6) is 0 Å². The highest BCUT2D eigenvalue weighted by Crippen LogP contribution is 2.21. The van der Waals surface area contributed by atoms with Gasteiger partial charge in [0.05, 0.1) is 18.0 Å². The number of aliphatic hydroxyl groups is 1. The first-order chi connectivity index (χ1) is 14.0. The average molecular weight is 411 g/mol. The summed E-state index contributed by atoms with van der Waals surface area (Å²) in [6, 6.07) is 0. The zero-order chi connectivity index (χ0) is 21.9. The maximum absolute atomic E-state index is 10.6. The van der Waals surface area contributed by atoms with Gasteiger partial charge in [0.2, 0.25) is 0 Å². The molecule has 1 unspecified atom stereocenters. The Morgan fingerprint density at radius 2 is 1.86 bits per heavy atom. The fraction of sp³-hybridized carbons (Fsp3) is 0.682. The van der Waals surface area contributed by atoms with Crippen molar-refractivity contribution in [1.82, 2.24) is 0 Å². The summed E-state index contributed by atoms with van der Waals surface area (Å²) in [6.07, 6.45) is 15.2. The lowest BCUT2D eigenvalue weighted by Crippen LogP contribution is -2.22. The molecule has 7 heteroatoms. The minimum Gasteiger partial charge on any atom is -0.481 e. The van der Waals surface area contributed by atoms with Gasteiger partial charge in [-0.1, -0.05) is 54.4 Å². The van der Waals surface area contributed by atoms with E-state index >= 15 is 0 Å². The third-order valence-electron chi connectivity index (χ3n) is 4.55. The van der Waals surface area contributed by atoms with Crippen LogP contribution in [0.3, 0.4) is 0 Å². The van der Waals surface area contributed by atoms with Crippen LogP contribution >= 0.6 is 0 Å². The Labute approximate surface area is 175 Å². The highest BCUT2D eigenvalue weighted by molar-refractivity contribution is 5.87. The van der Waals surface area contributed by atoms with Crippen molar-refractivity contribution >= 4 is 17.9 Å². The first-order valence-corrected chi connectivity index (χ1v) is 10.3. The van der Waals surface area contributed by atoms with Crippen molar-refractivity contribution in [2.75, 3.05) is 14.2 Å². The molecule has 0 aliphatic heterocycles. The lowest BCUT2D eigenvalue weighted by atomic mass is 9.85. The smallest absolute Gasteiger partial charge is 0.303 e. The number of hydrogen-bond acceptors (Lipinski definition) is 6. The lowest BCUT2D eigenvalue weighted by Gasteiger charge is -2.20. The summed E-state index contributed by atoms with van der Waals surface area (Å²) in [6.45, 7) is 4.09. The van der Waals surface area contributed by atoms with Crippen LogP contribution in [0.25, 0.3) is 0 Å². The standard InChI is InChI=1S/C22H38N2O5/c1-5-6-7-8-9-10-13-21(18(2)24-29-4)19(17-23-28-3)15-16-20(25)12-11-14-22(26)27/h9-10,15-17,19-21,25H,5-8,11-14H2,1-4H3,(H,26,27)/b10-9-,16-15+,23-17+,24-18+/t19-,20?,21+/m1/s1. The molecule has 29 heavy (non-hydrogen) atoms. The van der Waals surface area contributed by atoms with Crippen LogP contribution in [-0.2, 0) is 14.5 Å². The second kappa shape index (κ2) is 17.9. The van der Waals surface area contributed by atoms with Crippen LogP contribution in [0, 0.1) is 11.8 Å². The van der Waals surface area contributed by atoms with Crippen LogP contribution in [0.15, 0.2) is 34.6 Å². The van der Waals surface area contributed by atoms with E-state index in [1.54, 1.807) is 12.3 Å². The molecule has 0 aromatic rings. The number of carboxylic acid groups (broad SMARTS) is 1. The molecule has 0 aromatic heterocycles. The number of nitrogens with zero attached hydrogens (tertiary/aromatic N) is 2.